The number of aromatic nitrogens is 1. The van der Waals surface area contributed by atoms with Crippen LogP contribution in [0.5, 0.6) is 11.5 Å². The van der Waals surface area contributed by atoms with Crippen LogP contribution in [0.15, 0.2) is 16.9 Å². The maximum atomic E-state index is 13.0. The van der Waals surface area contributed by atoms with E-state index in [0.29, 0.717) is 22.9 Å². The summed E-state index contributed by atoms with van der Waals surface area (Å²) in [6.45, 7) is 3.64. The third kappa shape index (κ3) is 1.75. The van der Waals surface area contributed by atoms with E-state index >= 15 is 0 Å². The Hall–Kier alpha value is -2.11. The van der Waals surface area contributed by atoms with Gasteiger partial charge in [-0.25, -0.2) is 0 Å². The van der Waals surface area contributed by atoms with Crippen molar-refractivity contribution in [3.63, 3.8) is 0 Å². The molecule has 0 unspecified atom stereocenters. The second kappa shape index (κ2) is 3.69. The molecule has 0 saturated heterocycles. The number of hydrogen-bond acceptors (Lipinski definition) is 3. The summed E-state index contributed by atoms with van der Waals surface area (Å²) in [4.78, 5) is 15.3. The molecule has 3 rings (SSSR count). The van der Waals surface area contributed by atoms with Gasteiger partial charge in [-0.2, -0.15) is 0 Å². The minimum atomic E-state index is -3.68. The molecular formula is C13H11F2NO3. The summed E-state index contributed by atoms with van der Waals surface area (Å²) in [5.41, 5.74) is 1.65. The molecule has 0 spiro atoms. The van der Waals surface area contributed by atoms with Crippen molar-refractivity contribution in [1.29, 1.82) is 0 Å². The number of alkyl halides is 2. The summed E-state index contributed by atoms with van der Waals surface area (Å²) in [7, 11) is 0. The highest BCUT2D eigenvalue weighted by Crippen LogP contribution is 2.42. The zero-order chi connectivity index (χ0) is 13.8. The van der Waals surface area contributed by atoms with Crippen LogP contribution in [0, 0.1) is 6.92 Å². The number of fused-ring (bicyclic) bond motifs is 2. The predicted octanol–water partition coefficient (Wildman–Crippen LogP) is 2.72. The van der Waals surface area contributed by atoms with E-state index in [1.54, 1.807) is 6.92 Å². The highest BCUT2D eigenvalue weighted by atomic mass is 19.3. The molecule has 0 amide bonds. The predicted molar refractivity (Wildman–Crippen MR) is 64.9 cm³/mol. The lowest BCUT2D eigenvalue weighted by atomic mass is 10.1. The molecule has 1 aliphatic heterocycles. The summed E-state index contributed by atoms with van der Waals surface area (Å²) >= 11 is 0. The van der Waals surface area contributed by atoms with Gasteiger partial charge in [0.15, 0.2) is 16.9 Å². The maximum Gasteiger partial charge on any atom is 0.586 e. The van der Waals surface area contributed by atoms with Gasteiger partial charge in [-0.05, 0) is 19.4 Å². The van der Waals surface area contributed by atoms with Gasteiger partial charge in [0.2, 0.25) is 0 Å². The number of nitrogens with one attached hydrogen (secondary N) is 1. The highest BCUT2D eigenvalue weighted by Gasteiger charge is 2.43. The van der Waals surface area contributed by atoms with Gasteiger partial charge in [-0.15, -0.1) is 8.78 Å². The molecule has 1 aliphatic rings. The number of rotatable bonds is 1. The molecule has 0 radical (unpaired) electrons. The van der Waals surface area contributed by atoms with Crippen LogP contribution in [0.1, 0.15) is 18.2 Å². The van der Waals surface area contributed by atoms with Gasteiger partial charge >= 0.3 is 6.29 Å². The first kappa shape index (κ1) is 12.0. The van der Waals surface area contributed by atoms with Crippen LogP contribution in [0.3, 0.4) is 0 Å². The van der Waals surface area contributed by atoms with Crippen molar-refractivity contribution in [1.82, 2.24) is 4.98 Å². The molecule has 0 atom stereocenters. The quantitative estimate of drug-likeness (QED) is 0.864. The van der Waals surface area contributed by atoms with Crippen molar-refractivity contribution in [3.8, 4) is 11.5 Å². The molecule has 0 saturated carbocycles. The van der Waals surface area contributed by atoms with Gasteiger partial charge in [-0.1, -0.05) is 6.92 Å². The number of halogens is 2. The second-order valence-electron chi connectivity index (χ2n) is 4.42. The molecule has 2 aromatic rings. The first-order valence-electron chi connectivity index (χ1n) is 5.86. The number of aryl methyl sites for hydroxylation is 1. The number of ether oxygens (including phenoxy) is 2. The van der Waals surface area contributed by atoms with E-state index in [4.69, 9.17) is 0 Å². The van der Waals surface area contributed by atoms with Crippen molar-refractivity contribution < 1.29 is 18.3 Å². The third-order valence-corrected chi connectivity index (χ3v) is 3.19. The van der Waals surface area contributed by atoms with E-state index in [1.165, 1.54) is 12.1 Å². The molecule has 1 N–H and O–H groups in total. The van der Waals surface area contributed by atoms with E-state index in [0.717, 1.165) is 5.69 Å². The minimum Gasteiger partial charge on any atom is -0.395 e. The Morgan fingerprint density at radius 1 is 1.26 bits per heavy atom. The van der Waals surface area contributed by atoms with Crippen molar-refractivity contribution in [3.05, 3.63) is 33.6 Å². The fourth-order valence-electron chi connectivity index (χ4n) is 2.32. The molecule has 6 heteroatoms. The number of H-pyrrole nitrogens is 1. The molecule has 1 aromatic heterocycles. The Bertz CT molecular complexity index is 737. The minimum absolute atomic E-state index is 0.0724. The van der Waals surface area contributed by atoms with Gasteiger partial charge in [0.05, 0.1) is 5.52 Å². The Labute approximate surface area is 107 Å². The third-order valence-electron chi connectivity index (χ3n) is 3.19. The van der Waals surface area contributed by atoms with Gasteiger partial charge in [0.25, 0.3) is 0 Å². The Balaban J connectivity index is 2.31. The van der Waals surface area contributed by atoms with E-state index in [2.05, 4.69) is 14.5 Å². The Morgan fingerprint density at radius 2 is 1.89 bits per heavy atom. The Morgan fingerprint density at radius 3 is 2.53 bits per heavy atom. The summed E-state index contributed by atoms with van der Waals surface area (Å²) in [6.07, 6.45) is -3.10. The van der Waals surface area contributed by atoms with Gasteiger partial charge in [0.1, 0.15) is 0 Å². The summed E-state index contributed by atoms with van der Waals surface area (Å²) in [6, 6.07) is 2.66. The first-order chi connectivity index (χ1) is 8.91. The zero-order valence-corrected chi connectivity index (χ0v) is 10.3. The van der Waals surface area contributed by atoms with Crippen molar-refractivity contribution in [2.24, 2.45) is 0 Å². The van der Waals surface area contributed by atoms with Crippen LogP contribution in [-0.2, 0) is 6.42 Å². The molecule has 1 aromatic carbocycles. The lowest BCUT2D eigenvalue weighted by molar-refractivity contribution is -0.286. The molecule has 0 fully saturated rings. The number of aromatic amines is 1. The summed E-state index contributed by atoms with van der Waals surface area (Å²) < 4.78 is 34.7. The number of hydrogen-bond donors (Lipinski definition) is 1. The largest absolute Gasteiger partial charge is 0.586 e. The standard InChI is InChI=1S/C13H11F2NO3/c1-3-7-6(2)16-9-5-11-10(4-8(9)12(7)17)18-13(14,15)19-11/h4-5H,3H2,1-2H3,(H,16,17). The molecule has 2 heterocycles. The van der Waals surface area contributed by atoms with Gasteiger partial charge in [0, 0.05) is 22.7 Å². The van der Waals surface area contributed by atoms with Gasteiger partial charge < -0.3 is 14.5 Å². The highest BCUT2D eigenvalue weighted by molar-refractivity contribution is 5.83. The molecule has 0 bridgehead atoms. The fraction of sp³-hybridized carbons (Fsp3) is 0.308. The smallest absolute Gasteiger partial charge is 0.395 e. The average molecular weight is 267 g/mol. The molecule has 0 aliphatic carbocycles. The summed E-state index contributed by atoms with van der Waals surface area (Å²) in [5, 5.41) is 0.322. The average Bonchev–Trinajstić information content (AvgIpc) is 2.60. The van der Waals surface area contributed by atoms with Crippen LogP contribution < -0.4 is 14.9 Å². The monoisotopic (exact) mass is 267 g/mol. The van der Waals surface area contributed by atoms with E-state index in [9.17, 15) is 13.6 Å². The number of pyridine rings is 1. The lowest BCUT2D eigenvalue weighted by Crippen LogP contribution is -2.25. The molecule has 100 valence electrons. The van der Waals surface area contributed by atoms with Crippen LogP contribution in [0.4, 0.5) is 8.78 Å². The van der Waals surface area contributed by atoms with Crippen molar-refractivity contribution in [2.45, 2.75) is 26.6 Å². The SMILES string of the molecule is CCc1c(C)[nH]c2cc3c(cc2c1=O)OC(F)(F)O3. The topological polar surface area (TPSA) is 51.3 Å². The normalized spacial score (nSPS) is 16.0. The van der Waals surface area contributed by atoms with Crippen LogP contribution in [-0.4, -0.2) is 11.3 Å². The van der Waals surface area contributed by atoms with E-state index < -0.39 is 6.29 Å². The Kier molecular flexibility index (Phi) is 2.32. The van der Waals surface area contributed by atoms with Crippen LogP contribution in [0.2, 0.25) is 0 Å². The first-order valence-corrected chi connectivity index (χ1v) is 5.86. The van der Waals surface area contributed by atoms with Crippen molar-refractivity contribution >= 4 is 10.9 Å². The van der Waals surface area contributed by atoms with Gasteiger partial charge in [-0.3, -0.25) is 4.79 Å². The zero-order valence-electron chi connectivity index (χ0n) is 10.3. The van der Waals surface area contributed by atoms with Crippen LogP contribution >= 0.6 is 0 Å². The number of benzene rings is 1. The van der Waals surface area contributed by atoms with E-state index in [1.807, 2.05) is 6.92 Å². The molecule has 19 heavy (non-hydrogen) atoms. The van der Waals surface area contributed by atoms with Crippen LogP contribution in [0.25, 0.3) is 10.9 Å². The van der Waals surface area contributed by atoms with Crippen molar-refractivity contribution in [2.75, 3.05) is 0 Å². The van der Waals surface area contributed by atoms with E-state index in [-0.39, 0.29) is 16.9 Å². The summed E-state index contributed by atoms with van der Waals surface area (Å²) in [5.74, 6) is -0.189. The molecule has 4 nitrogen and oxygen atoms in total. The lowest BCUT2D eigenvalue weighted by Gasteiger charge is -2.06. The molecular weight excluding hydrogens is 256 g/mol. The fourth-order valence-corrected chi connectivity index (χ4v) is 2.32. The maximum absolute atomic E-state index is 13.0. The second-order valence-corrected chi connectivity index (χ2v) is 4.42.